The summed E-state index contributed by atoms with van der Waals surface area (Å²) in [6.07, 6.45) is 0.988. The molecular weight excluding hydrogens is 540 g/mol. The summed E-state index contributed by atoms with van der Waals surface area (Å²) in [4.78, 5) is 54.2. The molecule has 0 radical (unpaired) electrons. The number of ether oxygens (including phenoxy) is 3. The Kier molecular flexibility index (Phi) is 12.0. The van der Waals surface area contributed by atoms with Crippen molar-refractivity contribution in [1.29, 1.82) is 0 Å². The van der Waals surface area contributed by atoms with E-state index in [4.69, 9.17) is 14.2 Å². The molecule has 228 valence electrons. The molecule has 0 saturated carbocycles. The van der Waals surface area contributed by atoms with Crippen LogP contribution in [0.5, 0.6) is 17.2 Å². The fourth-order valence-electron chi connectivity index (χ4n) is 4.69. The minimum atomic E-state index is -0.978. The lowest BCUT2D eigenvalue weighted by molar-refractivity contribution is -0.133. The van der Waals surface area contributed by atoms with Gasteiger partial charge in [0.05, 0.1) is 26.3 Å². The molecular formula is C31H42N4O7. The Bertz CT molecular complexity index is 1250. The minimum Gasteiger partial charge on any atom is -0.493 e. The first-order chi connectivity index (χ1) is 20.1. The molecule has 11 heteroatoms. The number of hydrogen-bond acceptors (Lipinski definition) is 7. The zero-order valence-corrected chi connectivity index (χ0v) is 25.0. The summed E-state index contributed by atoms with van der Waals surface area (Å²) in [5, 5.41) is 8.42. The zero-order valence-electron chi connectivity index (χ0n) is 25.0. The number of nitrogens with one attached hydrogen (secondary N) is 3. The van der Waals surface area contributed by atoms with E-state index in [0.29, 0.717) is 36.6 Å². The van der Waals surface area contributed by atoms with Crippen LogP contribution in [-0.2, 0) is 20.8 Å². The second-order valence-electron chi connectivity index (χ2n) is 10.6. The Morgan fingerprint density at radius 2 is 1.79 bits per heavy atom. The van der Waals surface area contributed by atoms with Gasteiger partial charge in [-0.15, -0.1) is 0 Å². The van der Waals surface area contributed by atoms with Crippen molar-refractivity contribution >= 4 is 23.6 Å². The predicted molar refractivity (Wildman–Crippen MR) is 158 cm³/mol. The van der Waals surface area contributed by atoms with E-state index in [9.17, 15) is 19.2 Å². The standard InChI is InChI=1S/C31H42N4O7/c1-20(2)18-24-30(38)32-15-17-42-25-9-7-6-8-22(25)29(37)34-23(11-13-28(36)33-24)31(39)35(3)16-14-21-10-12-26(40-4)27(19-21)41-5/h6-10,12,19-20,23-24H,11,13-18H2,1-5H3,(H,32,38)(H,33,36)(H,34,37)/t23-,24+/m0/s1. The molecule has 3 N–H and O–H groups in total. The van der Waals surface area contributed by atoms with Crippen LogP contribution in [0.1, 0.15) is 49.0 Å². The molecule has 2 aromatic rings. The van der Waals surface area contributed by atoms with E-state index in [1.807, 2.05) is 26.0 Å². The first-order valence-electron chi connectivity index (χ1n) is 14.2. The van der Waals surface area contributed by atoms with Gasteiger partial charge in [0.25, 0.3) is 5.91 Å². The van der Waals surface area contributed by atoms with Gasteiger partial charge >= 0.3 is 0 Å². The number of amides is 4. The first kappa shape index (κ1) is 32.2. The average molecular weight is 583 g/mol. The number of benzene rings is 2. The number of para-hydroxylation sites is 1. The quantitative estimate of drug-likeness (QED) is 0.435. The second kappa shape index (κ2) is 15.6. The molecule has 1 aliphatic heterocycles. The maximum absolute atomic E-state index is 13.6. The van der Waals surface area contributed by atoms with Crippen LogP contribution in [0, 0.1) is 5.92 Å². The molecule has 42 heavy (non-hydrogen) atoms. The van der Waals surface area contributed by atoms with E-state index in [0.717, 1.165) is 5.56 Å². The number of likely N-dealkylation sites (N-methyl/N-ethyl adjacent to an activating group) is 1. The zero-order chi connectivity index (χ0) is 30.6. The van der Waals surface area contributed by atoms with Crippen molar-refractivity contribution in [2.45, 2.75) is 51.6 Å². The number of fused-ring (bicyclic) bond motifs is 1. The molecule has 0 saturated heterocycles. The second-order valence-corrected chi connectivity index (χ2v) is 10.6. The molecule has 0 fully saturated rings. The highest BCUT2D eigenvalue weighted by Gasteiger charge is 2.28. The molecule has 0 unspecified atom stereocenters. The highest BCUT2D eigenvalue weighted by Crippen LogP contribution is 2.27. The van der Waals surface area contributed by atoms with Gasteiger partial charge in [0.15, 0.2) is 11.5 Å². The number of carbonyl (C=O) groups is 4. The van der Waals surface area contributed by atoms with Crippen LogP contribution in [0.4, 0.5) is 0 Å². The van der Waals surface area contributed by atoms with Crippen molar-refractivity contribution in [3.63, 3.8) is 0 Å². The van der Waals surface area contributed by atoms with Crippen molar-refractivity contribution in [2.24, 2.45) is 5.92 Å². The number of carbonyl (C=O) groups excluding carboxylic acids is 4. The Labute approximate surface area is 247 Å². The average Bonchev–Trinajstić information content (AvgIpc) is 2.98. The molecule has 0 aromatic heterocycles. The highest BCUT2D eigenvalue weighted by molar-refractivity contribution is 5.99. The third kappa shape index (κ3) is 9.12. The minimum absolute atomic E-state index is 0.0517. The van der Waals surface area contributed by atoms with Crippen LogP contribution in [0.3, 0.4) is 0 Å². The van der Waals surface area contributed by atoms with Crippen LogP contribution in [0.2, 0.25) is 0 Å². The molecule has 1 aliphatic rings. The lowest BCUT2D eigenvalue weighted by Crippen LogP contribution is -2.50. The van der Waals surface area contributed by atoms with E-state index in [2.05, 4.69) is 16.0 Å². The Hall–Kier alpha value is -4.28. The number of hydrogen-bond donors (Lipinski definition) is 3. The van der Waals surface area contributed by atoms with Gasteiger partial charge in [-0.2, -0.15) is 0 Å². The smallest absolute Gasteiger partial charge is 0.255 e. The van der Waals surface area contributed by atoms with E-state index >= 15 is 0 Å². The largest absolute Gasteiger partial charge is 0.493 e. The lowest BCUT2D eigenvalue weighted by atomic mass is 10.0. The molecule has 2 aromatic carbocycles. The fourth-order valence-corrected chi connectivity index (χ4v) is 4.69. The summed E-state index contributed by atoms with van der Waals surface area (Å²) < 4.78 is 16.5. The number of nitrogens with zero attached hydrogens (tertiary/aromatic N) is 1. The Morgan fingerprint density at radius 1 is 1.05 bits per heavy atom. The normalized spacial score (nSPS) is 18.3. The summed E-state index contributed by atoms with van der Waals surface area (Å²) in [5.41, 5.74) is 1.20. The number of rotatable bonds is 8. The van der Waals surface area contributed by atoms with Crippen LogP contribution in [0.25, 0.3) is 0 Å². The van der Waals surface area contributed by atoms with Crippen molar-refractivity contribution in [3.8, 4) is 17.2 Å². The van der Waals surface area contributed by atoms with Gasteiger partial charge in [0, 0.05) is 20.0 Å². The number of methoxy groups -OCH3 is 2. The Balaban J connectivity index is 1.80. The maximum atomic E-state index is 13.6. The molecule has 1 heterocycles. The summed E-state index contributed by atoms with van der Waals surface area (Å²) in [5.74, 6) is 0.195. The summed E-state index contributed by atoms with van der Waals surface area (Å²) in [7, 11) is 4.78. The summed E-state index contributed by atoms with van der Waals surface area (Å²) >= 11 is 0. The predicted octanol–water partition coefficient (Wildman–Crippen LogP) is 2.32. The van der Waals surface area contributed by atoms with Crippen molar-refractivity contribution in [2.75, 3.05) is 41.0 Å². The fraction of sp³-hybridized carbons (Fsp3) is 0.484. The monoisotopic (exact) mass is 582 g/mol. The SMILES string of the molecule is COc1ccc(CCN(C)C(=O)[C@@H]2CCC(=O)N[C@H](CC(C)C)C(=O)NCCOc3ccccc3C(=O)N2)cc1OC. The van der Waals surface area contributed by atoms with Crippen molar-refractivity contribution < 1.29 is 33.4 Å². The lowest BCUT2D eigenvalue weighted by Gasteiger charge is -2.25. The van der Waals surface area contributed by atoms with Crippen molar-refractivity contribution in [3.05, 3.63) is 53.6 Å². The van der Waals surface area contributed by atoms with Crippen LogP contribution < -0.4 is 30.2 Å². The van der Waals surface area contributed by atoms with Gasteiger partial charge in [-0.25, -0.2) is 0 Å². The Morgan fingerprint density at radius 3 is 2.50 bits per heavy atom. The van der Waals surface area contributed by atoms with Crippen LogP contribution in [-0.4, -0.2) is 81.6 Å². The van der Waals surface area contributed by atoms with E-state index in [-0.39, 0.29) is 55.2 Å². The topological polar surface area (TPSA) is 135 Å². The van der Waals surface area contributed by atoms with Gasteiger partial charge in [0.2, 0.25) is 17.7 Å². The van der Waals surface area contributed by atoms with Gasteiger partial charge in [-0.3, -0.25) is 19.2 Å². The third-order valence-corrected chi connectivity index (χ3v) is 6.97. The molecule has 4 amide bonds. The van der Waals surface area contributed by atoms with Gasteiger partial charge in [-0.1, -0.05) is 32.0 Å². The van der Waals surface area contributed by atoms with Gasteiger partial charge < -0.3 is 35.1 Å². The van der Waals surface area contributed by atoms with E-state index in [1.165, 1.54) is 4.90 Å². The first-order valence-corrected chi connectivity index (χ1v) is 14.2. The van der Waals surface area contributed by atoms with Crippen LogP contribution in [0.15, 0.2) is 42.5 Å². The van der Waals surface area contributed by atoms with Crippen LogP contribution >= 0.6 is 0 Å². The van der Waals surface area contributed by atoms with Gasteiger partial charge in [0.1, 0.15) is 24.4 Å². The van der Waals surface area contributed by atoms with Gasteiger partial charge in [-0.05, 0) is 55.0 Å². The molecule has 0 spiro atoms. The molecule has 2 atom stereocenters. The van der Waals surface area contributed by atoms with E-state index in [1.54, 1.807) is 51.6 Å². The summed E-state index contributed by atoms with van der Waals surface area (Å²) in [6.45, 7) is 4.63. The molecule has 0 aliphatic carbocycles. The van der Waals surface area contributed by atoms with Crippen molar-refractivity contribution in [1.82, 2.24) is 20.9 Å². The molecule has 11 nitrogen and oxygen atoms in total. The molecule has 3 rings (SSSR count). The molecule has 0 bridgehead atoms. The highest BCUT2D eigenvalue weighted by atomic mass is 16.5. The third-order valence-electron chi connectivity index (χ3n) is 6.97. The maximum Gasteiger partial charge on any atom is 0.255 e. The summed E-state index contributed by atoms with van der Waals surface area (Å²) in [6, 6.07) is 10.6. The van der Waals surface area contributed by atoms with E-state index < -0.39 is 18.0 Å².